The molecule has 2 heterocycles. The lowest BCUT2D eigenvalue weighted by Crippen LogP contribution is -2.57. The number of thiophene rings is 1. The highest BCUT2D eigenvalue weighted by molar-refractivity contribution is 9.10. The molecule has 1 aliphatic rings. The molecule has 1 fully saturated rings. The average Bonchev–Trinajstić information content (AvgIpc) is 2.70. The fraction of sp³-hybridized carbons (Fsp3) is 0.400. The molecule has 0 unspecified atom stereocenters. The van der Waals surface area contributed by atoms with Crippen LogP contribution >= 0.6 is 27.3 Å². The Hall–Kier alpha value is -0.920. The first-order chi connectivity index (χ1) is 8.09. The Labute approximate surface area is 111 Å². The minimum absolute atomic E-state index is 0.00311. The Kier molecular flexibility index (Phi) is 3.80. The first-order valence-electron chi connectivity index (χ1n) is 5.08. The summed E-state index contributed by atoms with van der Waals surface area (Å²) in [5, 5.41) is 13.8. The predicted octanol–water partition coefficient (Wildman–Crippen LogP) is 0.966. The molecule has 1 atom stereocenters. The number of amides is 3. The Morgan fingerprint density at radius 2 is 2.35 bits per heavy atom. The summed E-state index contributed by atoms with van der Waals surface area (Å²) < 4.78 is 0.980. The van der Waals surface area contributed by atoms with Crippen LogP contribution in [-0.4, -0.2) is 41.1 Å². The maximum Gasteiger partial charge on any atom is 0.324 e. The first kappa shape index (κ1) is 12.5. The summed E-state index contributed by atoms with van der Waals surface area (Å²) >= 11 is 4.95. The molecule has 0 aromatic carbocycles. The first-order valence-corrected chi connectivity index (χ1v) is 6.76. The molecule has 1 aromatic rings. The van der Waals surface area contributed by atoms with Crippen molar-refractivity contribution < 1.29 is 14.7 Å². The highest BCUT2D eigenvalue weighted by Crippen LogP contribution is 2.23. The van der Waals surface area contributed by atoms with E-state index in [4.69, 9.17) is 0 Å². The van der Waals surface area contributed by atoms with Crippen LogP contribution in [0.2, 0.25) is 0 Å². The highest BCUT2D eigenvalue weighted by atomic mass is 79.9. The number of carbonyl (C=O) groups is 2. The third kappa shape index (κ3) is 2.67. The number of β-amino-alcohol motifs (C(OH)–C–C–N with tert-alkyl or cyclic N) is 1. The summed E-state index contributed by atoms with van der Waals surface area (Å²) in [6, 6.07) is 1.49. The maximum absolute atomic E-state index is 11.6. The van der Waals surface area contributed by atoms with E-state index in [0.29, 0.717) is 6.42 Å². The summed E-state index contributed by atoms with van der Waals surface area (Å²) in [6.45, 7) is 0.275. The Balaban J connectivity index is 2.00. The summed E-state index contributed by atoms with van der Waals surface area (Å²) in [6.07, 6.45) is -0.538. The zero-order valence-corrected chi connectivity index (χ0v) is 11.3. The van der Waals surface area contributed by atoms with Crippen molar-refractivity contribution in [1.29, 1.82) is 0 Å². The normalized spacial score (nSPS) is 20.6. The lowest BCUT2D eigenvalue weighted by Gasteiger charge is -2.28. The SMILES string of the molecule is O=C1NC[C@H](O)C(=O)N1CCc1sccc1Br. The van der Waals surface area contributed by atoms with Gasteiger partial charge in [-0.05, 0) is 27.4 Å². The number of aliphatic hydroxyl groups is 1. The number of hydrogen-bond acceptors (Lipinski definition) is 4. The van der Waals surface area contributed by atoms with Crippen LogP contribution in [0.25, 0.3) is 0 Å². The summed E-state index contributed by atoms with van der Waals surface area (Å²) in [5.41, 5.74) is 0. The summed E-state index contributed by atoms with van der Waals surface area (Å²) in [7, 11) is 0. The maximum atomic E-state index is 11.6. The number of halogens is 1. The monoisotopic (exact) mass is 318 g/mol. The van der Waals surface area contributed by atoms with Gasteiger partial charge in [-0.3, -0.25) is 9.69 Å². The van der Waals surface area contributed by atoms with Crippen molar-refractivity contribution in [1.82, 2.24) is 10.2 Å². The minimum atomic E-state index is -1.13. The van der Waals surface area contributed by atoms with Gasteiger partial charge in [0.1, 0.15) is 0 Å². The van der Waals surface area contributed by atoms with Crippen molar-refractivity contribution in [2.75, 3.05) is 13.1 Å². The van der Waals surface area contributed by atoms with Crippen LogP contribution in [0.15, 0.2) is 15.9 Å². The van der Waals surface area contributed by atoms with Crippen molar-refractivity contribution in [2.45, 2.75) is 12.5 Å². The van der Waals surface area contributed by atoms with Crippen molar-refractivity contribution in [2.24, 2.45) is 0 Å². The lowest BCUT2D eigenvalue weighted by atomic mass is 10.2. The largest absolute Gasteiger partial charge is 0.381 e. The molecule has 0 bridgehead atoms. The molecule has 2 N–H and O–H groups in total. The molecule has 0 aliphatic carbocycles. The molecular weight excluding hydrogens is 308 g/mol. The second-order valence-corrected chi connectivity index (χ2v) is 5.49. The van der Waals surface area contributed by atoms with Gasteiger partial charge < -0.3 is 10.4 Å². The number of nitrogens with zero attached hydrogens (tertiary/aromatic N) is 1. The van der Waals surface area contributed by atoms with Gasteiger partial charge in [0.15, 0.2) is 6.10 Å². The van der Waals surface area contributed by atoms with Crippen LogP contribution < -0.4 is 5.32 Å². The molecule has 92 valence electrons. The topological polar surface area (TPSA) is 69.6 Å². The minimum Gasteiger partial charge on any atom is -0.381 e. The lowest BCUT2D eigenvalue weighted by molar-refractivity contribution is -0.138. The van der Waals surface area contributed by atoms with Crippen molar-refractivity contribution in [3.63, 3.8) is 0 Å². The molecule has 17 heavy (non-hydrogen) atoms. The van der Waals surface area contributed by atoms with Crippen molar-refractivity contribution in [3.8, 4) is 0 Å². The van der Waals surface area contributed by atoms with E-state index in [1.807, 2.05) is 11.4 Å². The van der Waals surface area contributed by atoms with Crippen LogP contribution in [0.4, 0.5) is 4.79 Å². The quantitative estimate of drug-likeness (QED) is 0.872. The molecule has 3 amide bonds. The van der Waals surface area contributed by atoms with E-state index in [1.165, 1.54) is 0 Å². The molecule has 1 aliphatic heterocycles. The van der Waals surface area contributed by atoms with E-state index in [9.17, 15) is 14.7 Å². The van der Waals surface area contributed by atoms with Crippen LogP contribution in [-0.2, 0) is 11.2 Å². The van der Waals surface area contributed by atoms with Crippen LogP contribution in [0, 0.1) is 0 Å². The van der Waals surface area contributed by atoms with Gasteiger partial charge in [0.05, 0.1) is 6.54 Å². The smallest absolute Gasteiger partial charge is 0.324 e. The van der Waals surface area contributed by atoms with Gasteiger partial charge in [-0.2, -0.15) is 0 Å². The van der Waals surface area contributed by atoms with E-state index in [1.54, 1.807) is 11.3 Å². The molecule has 0 radical (unpaired) electrons. The zero-order valence-electron chi connectivity index (χ0n) is 8.85. The molecular formula is C10H11BrN2O3S. The second kappa shape index (κ2) is 5.16. The number of imide groups is 1. The molecule has 0 saturated carbocycles. The zero-order chi connectivity index (χ0) is 12.4. The molecule has 0 spiro atoms. The van der Waals surface area contributed by atoms with Crippen molar-refractivity contribution >= 4 is 39.2 Å². The third-order valence-corrected chi connectivity index (χ3v) is 4.48. The van der Waals surface area contributed by atoms with E-state index in [2.05, 4.69) is 21.2 Å². The molecule has 5 nitrogen and oxygen atoms in total. The molecule has 2 rings (SSSR count). The van der Waals surface area contributed by atoms with E-state index in [0.717, 1.165) is 14.2 Å². The fourth-order valence-electron chi connectivity index (χ4n) is 1.58. The molecule has 7 heteroatoms. The Morgan fingerprint density at radius 1 is 1.59 bits per heavy atom. The Bertz CT molecular complexity index is 449. The summed E-state index contributed by atoms with van der Waals surface area (Å²) in [4.78, 5) is 25.2. The number of carbonyl (C=O) groups excluding carboxylic acids is 2. The van der Waals surface area contributed by atoms with Gasteiger partial charge in [-0.25, -0.2) is 4.79 Å². The fourth-order valence-corrected chi connectivity index (χ4v) is 3.12. The third-order valence-electron chi connectivity index (χ3n) is 2.50. The van der Waals surface area contributed by atoms with E-state index in [-0.39, 0.29) is 13.1 Å². The second-order valence-electron chi connectivity index (χ2n) is 3.63. The van der Waals surface area contributed by atoms with E-state index >= 15 is 0 Å². The number of rotatable bonds is 3. The molecule has 1 saturated heterocycles. The number of hydrogen-bond donors (Lipinski definition) is 2. The highest BCUT2D eigenvalue weighted by Gasteiger charge is 2.32. The predicted molar refractivity (Wildman–Crippen MR) is 66.8 cm³/mol. The van der Waals surface area contributed by atoms with Gasteiger partial charge in [-0.1, -0.05) is 0 Å². The number of nitrogens with one attached hydrogen (secondary N) is 1. The van der Waals surface area contributed by atoms with Gasteiger partial charge in [-0.15, -0.1) is 11.3 Å². The van der Waals surface area contributed by atoms with E-state index < -0.39 is 18.0 Å². The number of aliphatic hydroxyl groups excluding tert-OH is 1. The van der Waals surface area contributed by atoms with Crippen molar-refractivity contribution in [3.05, 3.63) is 20.8 Å². The average molecular weight is 319 g/mol. The van der Waals surface area contributed by atoms with Crippen LogP contribution in [0.5, 0.6) is 0 Å². The van der Waals surface area contributed by atoms with Gasteiger partial charge >= 0.3 is 6.03 Å². The van der Waals surface area contributed by atoms with Gasteiger partial charge in [0, 0.05) is 22.3 Å². The van der Waals surface area contributed by atoms with Crippen LogP contribution in [0.1, 0.15) is 4.88 Å². The van der Waals surface area contributed by atoms with Crippen LogP contribution in [0.3, 0.4) is 0 Å². The summed E-state index contributed by atoms with van der Waals surface area (Å²) in [5.74, 6) is -0.526. The van der Waals surface area contributed by atoms with Gasteiger partial charge in [0.25, 0.3) is 5.91 Å². The molecule has 1 aromatic heterocycles. The van der Waals surface area contributed by atoms with Gasteiger partial charge in [0.2, 0.25) is 0 Å². The number of urea groups is 1. The standard InChI is InChI=1S/C10H11BrN2O3S/c11-6-2-4-17-8(6)1-3-13-9(15)7(14)5-12-10(13)16/h2,4,7,14H,1,3,5H2,(H,12,16)/t7-/m0/s1. The Morgan fingerprint density at radius 3 is 3.00 bits per heavy atom.